The first-order valence-corrected chi connectivity index (χ1v) is 6.74. The van der Waals surface area contributed by atoms with Crippen LogP contribution in [0.3, 0.4) is 0 Å². The van der Waals surface area contributed by atoms with Gasteiger partial charge in [0.05, 0.1) is 11.0 Å². The van der Waals surface area contributed by atoms with Gasteiger partial charge in [0.25, 0.3) is 0 Å². The second-order valence-corrected chi connectivity index (χ2v) is 5.53. The maximum absolute atomic E-state index is 12.2. The Morgan fingerprint density at radius 1 is 1.50 bits per heavy atom. The summed E-state index contributed by atoms with van der Waals surface area (Å²) in [5, 5.41) is 12.9. The van der Waals surface area contributed by atoms with Crippen molar-refractivity contribution >= 4 is 5.91 Å². The van der Waals surface area contributed by atoms with Crippen LogP contribution in [-0.4, -0.2) is 42.9 Å². The van der Waals surface area contributed by atoms with E-state index in [1.54, 1.807) is 6.92 Å². The molecule has 1 aliphatic rings. The number of hydrogen-bond donors (Lipinski definition) is 3. The van der Waals surface area contributed by atoms with E-state index in [0.717, 1.165) is 6.42 Å². The summed E-state index contributed by atoms with van der Waals surface area (Å²) in [5.74, 6) is -0.0512. The van der Waals surface area contributed by atoms with Crippen LogP contribution >= 0.6 is 0 Å². The van der Waals surface area contributed by atoms with Gasteiger partial charge >= 0.3 is 0 Å². The standard InChI is InChI=1S/C13H26N2O3/c1-3-4-12(2,17)10-15-11(16)13(9-14)5-7-18-8-6-13/h17H,3-10,14H2,1-2H3,(H,15,16). The molecule has 5 heteroatoms. The van der Waals surface area contributed by atoms with Crippen molar-refractivity contribution in [1.29, 1.82) is 0 Å². The minimum absolute atomic E-state index is 0.0512. The third-order valence-electron chi connectivity index (χ3n) is 3.74. The lowest BCUT2D eigenvalue weighted by molar-refractivity contribution is -0.137. The van der Waals surface area contributed by atoms with Gasteiger partial charge in [-0.15, -0.1) is 0 Å². The van der Waals surface area contributed by atoms with Gasteiger partial charge in [-0.2, -0.15) is 0 Å². The number of hydrogen-bond acceptors (Lipinski definition) is 4. The zero-order valence-corrected chi connectivity index (χ0v) is 11.5. The van der Waals surface area contributed by atoms with Crippen LogP contribution in [0.2, 0.25) is 0 Å². The van der Waals surface area contributed by atoms with Crippen molar-refractivity contribution in [3.8, 4) is 0 Å². The summed E-state index contributed by atoms with van der Waals surface area (Å²) in [4.78, 5) is 12.2. The molecule has 1 fully saturated rings. The molecule has 0 spiro atoms. The number of ether oxygens (including phenoxy) is 1. The third-order valence-corrected chi connectivity index (χ3v) is 3.74. The highest BCUT2D eigenvalue weighted by Crippen LogP contribution is 2.29. The first-order chi connectivity index (χ1) is 8.46. The van der Waals surface area contributed by atoms with Crippen LogP contribution in [0.4, 0.5) is 0 Å². The summed E-state index contributed by atoms with van der Waals surface area (Å²) in [6.45, 7) is 5.53. The van der Waals surface area contributed by atoms with Gasteiger partial charge in [-0.05, 0) is 26.2 Å². The molecule has 0 bridgehead atoms. The highest BCUT2D eigenvalue weighted by atomic mass is 16.5. The molecule has 1 rings (SSSR count). The molecule has 1 unspecified atom stereocenters. The van der Waals surface area contributed by atoms with Crippen molar-refractivity contribution in [2.75, 3.05) is 26.3 Å². The molecule has 0 aromatic heterocycles. The Kier molecular flexibility index (Phi) is 5.56. The number of carbonyl (C=O) groups is 1. The van der Waals surface area contributed by atoms with Gasteiger partial charge in [0.1, 0.15) is 0 Å². The van der Waals surface area contributed by atoms with Crippen molar-refractivity contribution in [1.82, 2.24) is 5.32 Å². The first-order valence-electron chi connectivity index (χ1n) is 6.74. The molecule has 0 aliphatic carbocycles. The molecule has 1 saturated heterocycles. The van der Waals surface area contributed by atoms with Crippen LogP contribution in [0.1, 0.15) is 39.5 Å². The number of amides is 1. The monoisotopic (exact) mass is 258 g/mol. The number of aliphatic hydroxyl groups is 1. The van der Waals surface area contributed by atoms with E-state index in [9.17, 15) is 9.90 Å². The predicted molar refractivity (Wildman–Crippen MR) is 70.1 cm³/mol. The Hall–Kier alpha value is -0.650. The van der Waals surface area contributed by atoms with Gasteiger partial charge < -0.3 is 20.9 Å². The van der Waals surface area contributed by atoms with Gasteiger partial charge in [-0.3, -0.25) is 4.79 Å². The van der Waals surface area contributed by atoms with Crippen molar-refractivity contribution in [3.63, 3.8) is 0 Å². The number of nitrogens with two attached hydrogens (primary N) is 1. The molecule has 0 radical (unpaired) electrons. The highest BCUT2D eigenvalue weighted by molar-refractivity contribution is 5.83. The normalized spacial score (nSPS) is 22.2. The largest absolute Gasteiger partial charge is 0.388 e. The Morgan fingerprint density at radius 3 is 2.61 bits per heavy atom. The second-order valence-electron chi connectivity index (χ2n) is 5.53. The Bertz CT molecular complexity index is 273. The van der Waals surface area contributed by atoms with E-state index < -0.39 is 11.0 Å². The molecule has 0 aromatic rings. The fourth-order valence-electron chi connectivity index (χ4n) is 2.37. The highest BCUT2D eigenvalue weighted by Gasteiger charge is 2.39. The van der Waals surface area contributed by atoms with Gasteiger partial charge in [0, 0.05) is 26.3 Å². The lowest BCUT2D eigenvalue weighted by Gasteiger charge is -2.35. The van der Waals surface area contributed by atoms with Crippen LogP contribution in [0.5, 0.6) is 0 Å². The SMILES string of the molecule is CCCC(C)(O)CNC(=O)C1(CN)CCOCC1. The molecule has 0 saturated carbocycles. The second kappa shape index (κ2) is 6.50. The van der Waals surface area contributed by atoms with Crippen LogP contribution in [0.25, 0.3) is 0 Å². The average Bonchev–Trinajstić information content (AvgIpc) is 2.37. The smallest absolute Gasteiger partial charge is 0.227 e. The molecule has 1 amide bonds. The van der Waals surface area contributed by atoms with Crippen molar-refractivity contribution in [2.45, 2.75) is 45.1 Å². The molecule has 4 N–H and O–H groups in total. The van der Waals surface area contributed by atoms with Crippen LogP contribution < -0.4 is 11.1 Å². The predicted octanol–water partition coefficient (Wildman–Crippen LogP) is 0.409. The Morgan fingerprint density at radius 2 is 2.11 bits per heavy atom. The lowest BCUT2D eigenvalue weighted by Crippen LogP contribution is -2.52. The van der Waals surface area contributed by atoms with Crippen molar-refractivity contribution in [2.24, 2.45) is 11.1 Å². The molecule has 1 heterocycles. The summed E-state index contributed by atoms with van der Waals surface area (Å²) in [6.07, 6.45) is 2.88. The van der Waals surface area contributed by atoms with Gasteiger partial charge in [-0.1, -0.05) is 13.3 Å². The maximum Gasteiger partial charge on any atom is 0.227 e. The summed E-state index contributed by atoms with van der Waals surface area (Å²) in [5.41, 5.74) is 4.40. The first kappa shape index (κ1) is 15.4. The molecule has 1 aliphatic heterocycles. The minimum Gasteiger partial charge on any atom is -0.388 e. The Balaban J connectivity index is 2.52. The topological polar surface area (TPSA) is 84.6 Å². The van der Waals surface area contributed by atoms with Gasteiger partial charge in [0.15, 0.2) is 0 Å². The fourth-order valence-corrected chi connectivity index (χ4v) is 2.37. The molecular formula is C13H26N2O3. The van der Waals surface area contributed by atoms with Crippen molar-refractivity contribution in [3.05, 3.63) is 0 Å². The number of rotatable bonds is 6. The summed E-state index contributed by atoms with van der Waals surface area (Å²) >= 11 is 0. The zero-order valence-electron chi connectivity index (χ0n) is 11.5. The van der Waals surface area contributed by atoms with Crippen LogP contribution in [0.15, 0.2) is 0 Å². The van der Waals surface area contributed by atoms with E-state index in [-0.39, 0.29) is 12.5 Å². The quantitative estimate of drug-likeness (QED) is 0.644. The van der Waals surface area contributed by atoms with Gasteiger partial charge in [0.2, 0.25) is 5.91 Å². The van der Waals surface area contributed by atoms with Crippen LogP contribution in [0, 0.1) is 5.41 Å². The van der Waals surface area contributed by atoms with E-state index >= 15 is 0 Å². The maximum atomic E-state index is 12.2. The molecular weight excluding hydrogens is 232 g/mol. The van der Waals surface area contributed by atoms with Crippen molar-refractivity contribution < 1.29 is 14.6 Å². The van der Waals surface area contributed by atoms with Crippen LogP contribution in [-0.2, 0) is 9.53 Å². The van der Waals surface area contributed by atoms with E-state index in [4.69, 9.17) is 10.5 Å². The van der Waals surface area contributed by atoms with E-state index in [1.807, 2.05) is 6.92 Å². The van der Waals surface area contributed by atoms with E-state index in [0.29, 0.717) is 39.0 Å². The zero-order chi connectivity index (χ0) is 13.6. The third kappa shape index (κ3) is 3.93. The molecule has 18 heavy (non-hydrogen) atoms. The fraction of sp³-hybridized carbons (Fsp3) is 0.923. The van der Waals surface area contributed by atoms with Gasteiger partial charge in [-0.25, -0.2) is 0 Å². The molecule has 106 valence electrons. The number of carbonyl (C=O) groups excluding carboxylic acids is 1. The molecule has 0 aromatic carbocycles. The average molecular weight is 258 g/mol. The molecule has 1 atom stereocenters. The lowest BCUT2D eigenvalue weighted by atomic mass is 9.79. The summed E-state index contributed by atoms with van der Waals surface area (Å²) in [6, 6.07) is 0. The van der Waals surface area contributed by atoms with E-state index in [2.05, 4.69) is 5.32 Å². The number of nitrogens with one attached hydrogen (secondary N) is 1. The van der Waals surface area contributed by atoms with E-state index in [1.165, 1.54) is 0 Å². The Labute approximate surface area is 109 Å². The summed E-state index contributed by atoms with van der Waals surface area (Å²) in [7, 11) is 0. The molecule has 5 nitrogen and oxygen atoms in total. The summed E-state index contributed by atoms with van der Waals surface area (Å²) < 4.78 is 5.28. The minimum atomic E-state index is -0.842.